The molecule has 0 unspecified atom stereocenters. The Labute approximate surface area is 190 Å². The van der Waals surface area contributed by atoms with Crippen LogP contribution in [0, 0.1) is 19.7 Å². The van der Waals surface area contributed by atoms with Crippen molar-refractivity contribution in [1.29, 1.82) is 0 Å². The number of carbonyl (C=O) groups is 2. The summed E-state index contributed by atoms with van der Waals surface area (Å²) in [5.74, 6) is -0.885. The van der Waals surface area contributed by atoms with Crippen LogP contribution in [-0.4, -0.2) is 22.7 Å². The van der Waals surface area contributed by atoms with Crippen LogP contribution in [0.25, 0.3) is 0 Å². The van der Waals surface area contributed by atoms with Crippen molar-refractivity contribution < 1.29 is 31.7 Å². The highest BCUT2D eigenvalue weighted by Crippen LogP contribution is 2.37. The summed E-state index contributed by atoms with van der Waals surface area (Å²) in [5.41, 5.74) is -0.0446. The summed E-state index contributed by atoms with van der Waals surface area (Å²) in [6.45, 7) is 3.50. The van der Waals surface area contributed by atoms with E-state index in [9.17, 15) is 27.2 Å². The number of nitrogens with zero attached hydrogens (tertiary/aromatic N) is 1. The topological polar surface area (TPSA) is 84.2 Å². The summed E-state index contributed by atoms with van der Waals surface area (Å²) in [6.07, 6.45) is -4.77. The molecule has 2 N–H and O–H groups in total. The molecule has 2 amide bonds. The highest BCUT2D eigenvalue weighted by molar-refractivity contribution is 7.99. The molecule has 0 aliphatic heterocycles. The molecule has 0 saturated heterocycles. The number of amides is 2. The fraction of sp³-hybridized carbons (Fsp3) is 0.227. The number of aromatic nitrogens is 1. The molecule has 0 aliphatic rings. The van der Waals surface area contributed by atoms with Crippen molar-refractivity contribution in [3.05, 3.63) is 76.4 Å². The lowest BCUT2D eigenvalue weighted by Crippen LogP contribution is -2.19. The molecule has 0 spiro atoms. The molecule has 0 radical (unpaired) electrons. The molecule has 6 nitrogen and oxygen atoms in total. The molecule has 33 heavy (non-hydrogen) atoms. The lowest BCUT2D eigenvalue weighted by atomic mass is 10.1. The van der Waals surface area contributed by atoms with Gasteiger partial charge in [0.15, 0.2) is 0 Å². The molecule has 0 atom stereocenters. The molecule has 3 rings (SSSR count). The van der Waals surface area contributed by atoms with Crippen LogP contribution in [0.1, 0.15) is 32.9 Å². The third-order valence-corrected chi connectivity index (χ3v) is 5.58. The number of halogens is 4. The molecule has 0 aliphatic carbocycles. The largest absolute Gasteiger partial charge is 0.418 e. The Kier molecular flexibility index (Phi) is 7.42. The van der Waals surface area contributed by atoms with Crippen LogP contribution < -0.4 is 10.6 Å². The molecule has 0 fully saturated rings. The second kappa shape index (κ2) is 10.1. The summed E-state index contributed by atoms with van der Waals surface area (Å²) >= 11 is 1.21. The first-order valence-electron chi connectivity index (χ1n) is 9.62. The van der Waals surface area contributed by atoms with Gasteiger partial charge < -0.3 is 15.2 Å². The number of benzene rings is 2. The van der Waals surface area contributed by atoms with Gasteiger partial charge in [-0.3, -0.25) is 9.59 Å². The summed E-state index contributed by atoms with van der Waals surface area (Å²) in [7, 11) is 0. The Morgan fingerprint density at radius 2 is 1.76 bits per heavy atom. The predicted octanol–water partition coefficient (Wildman–Crippen LogP) is 5.57. The number of hydrogen-bond acceptors (Lipinski definition) is 5. The SMILES string of the molecule is Cc1noc(C)c1CSCC(=O)Nc1ccc(NC(=O)c2ccc(F)cc2)cc1C(F)(F)F. The van der Waals surface area contributed by atoms with Gasteiger partial charge in [0.1, 0.15) is 11.6 Å². The quantitative estimate of drug-likeness (QED) is 0.431. The molecular weight excluding hydrogens is 462 g/mol. The molecule has 1 heterocycles. The van der Waals surface area contributed by atoms with Crippen LogP contribution in [-0.2, 0) is 16.7 Å². The minimum atomic E-state index is -4.77. The zero-order chi connectivity index (χ0) is 24.2. The zero-order valence-electron chi connectivity index (χ0n) is 17.5. The van der Waals surface area contributed by atoms with E-state index in [0.717, 1.165) is 29.8 Å². The van der Waals surface area contributed by atoms with Crippen LogP contribution in [0.2, 0.25) is 0 Å². The number of carbonyl (C=O) groups excluding carboxylic acids is 2. The minimum Gasteiger partial charge on any atom is -0.361 e. The molecule has 2 aromatic carbocycles. The van der Waals surface area contributed by atoms with E-state index >= 15 is 0 Å². The van der Waals surface area contributed by atoms with E-state index in [0.29, 0.717) is 17.2 Å². The number of thioether (sulfide) groups is 1. The number of aryl methyl sites for hydroxylation is 2. The summed E-state index contributed by atoms with van der Waals surface area (Å²) in [4.78, 5) is 24.4. The molecule has 1 aromatic heterocycles. The van der Waals surface area contributed by atoms with Gasteiger partial charge >= 0.3 is 6.18 Å². The van der Waals surface area contributed by atoms with Crippen LogP contribution in [0.5, 0.6) is 0 Å². The molecule has 3 aromatic rings. The van der Waals surface area contributed by atoms with Crippen LogP contribution in [0.3, 0.4) is 0 Å². The fourth-order valence-electron chi connectivity index (χ4n) is 2.91. The van der Waals surface area contributed by atoms with Gasteiger partial charge in [-0.25, -0.2) is 4.39 Å². The number of rotatable bonds is 7. The van der Waals surface area contributed by atoms with E-state index < -0.39 is 35.1 Å². The van der Waals surface area contributed by atoms with Crippen molar-refractivity contribution >= 4 is 35.0 Å². The van der Waals surface area contributed by atoms with E-state index in [2.05, 4.69) is 15.8 Å². The van der Waals surface area contributed by atoms with Crippen LogP contribution >= 0.6 is 11.8 Å². The van der Waals surface area contributed by atoms with E-state index in [-0.39, 0.29) is 17.0 Å². The standard InChI is InChI=1S/C22H19F4N3O3S/c1-12-17(13(2)32-29-12)10-33-11-20(30)28-19-8-7-16(9-18(19)22(24,25)26)27-21(31)14-3-5-15(23)6-4-14/h3-9H,10-11H2,1-2H3,(H,27,31)(H,28,30). The van der Waals surface area contributed by atoms with Gasteiger partial charge in [0.05, 0.1) is 22.7 Å². The Bertz CT molecular complexity index is 1140. The Hall–Kier alpha value is -3.34. The van der Waals surface area contributed by atoms with Gasteiger partial charge in [0, 0.05) is 22.6 Å². The third-order valence-electron chi connectivity index (χ3n) is 4.62. The Morgan fingerprint density at radius 3 is 2.36 bits per heavy atom. The lowest BCUT2D eigenvalue weighted by Gasteiger charge is -2.16. The van der Waals surface area contributed by atoms with Gasteiger partial charge in [-0.05, 0) is 56.3 Å². The summed E-state index contributed by atoms with van der Waals surface area (Å²) in [6, 6.07) is 7.60. The smallest absolute Gasteiger partial charge is 0.361 e. The number of hydrogen-bond donors (Lipinski definition) is 2. The van der Waals surface area contributed by atoms with Gasteiger partial charge in [-0.1, -0.05) is 5.16 Å². The first-order chi connectivity index (χ1) is 15.5. The summed E-state index contributed by atoms with van der Waals surface area (Å²) in [5, 5.41) is 8.42. The minimum absolute atomic E-state index is 0.0790. The van der Waals surface area contributed by atoms with Crippen molar-refractivity contribution in [1.82, 2.24) is 5.16 Å². The molecular formula is C22H19F4N3O3S. The third kappa shape index (κ3) is 6.35. The van der Waals surface area contributed by atoms with Gasteiger partial charge in [-0.15, -0.1) is 11.8 Å². The van der Waals surface area contributed by atoms with E-state index in [1.165, 1.54) is 30.0 Å². The van der Waals surface area contributed by atoms with E-state index in [4.69, 9.17) is 4.52 Å². The number of anilines is 2. The normalized spacial score (nSPS) is 11.3. The molecule has 11 heteroatoms. The van der Waals surface area contributed by atoms with Crippen molar-refractivity contribution in [3.8, 4) is 0 Å². The predicted molar refractivity (Wildman–Crippen MR) is 117 cm³/mol. The zero-order valence-corrected chi connectivity index (χ0v) is 18.4. The van der Waals surface area contributed by atoms with Crippen molar-refractivity contribution in [3.63, 3.8) is 0 Å². The second-order valence-electron chi connectivity index (χ2n) is 7.06. The second-order valence-corrected chi connectivity index (χ2v) is 8.05. The van der Waals surface area contributed by atoms with E-state index in [1.54, 1.807) is 13.8 Å². The maximum Gasteiger partial charge on any atom is 0.418 e. The van der Waals surface area contributed by atoms with Gasteiger partial charge in [-0.2, -0.15) is 13.2 Å². The van der Waals surface area contributed by atoms with Crippen molar-refractivity contribution in [2.24, 2.45) is 0 Å². The van der Waals surface area contributed by atoms with Crippen LogP contribution in [0.15, 0.2) is 47.0 Å². The maximum absolute atomic E-state index is 13.6. The van der Waals surface area contributed by atoms with E-state index in [1.807, 2.05) is 0 Å². The highest BCUT2D eigenvalue weighted by atomic mass is 32.2. The Balaban J connectivity index is 1.68. The summed E-state index contributed by atoms with van der Waals surface area (Å²) < 4.78 is 58.8. The first-order valence-corrected chi connectivity index (χ1v) is 10.8. The Morgan fingerprint density at radius 1 is 1.06 bits per heavy atom. The van der Waals surface area contributed by atoms with Gasteiger partial charge in [0.25, 0.3) is 5.91 Å². The number of alkyl halides is 3. The monoisotopic (exact) mass is 481 g/mol. The number of nitrogens with one attached hydrogen (secondary N) is 2. The fourth-order valence-corrected chi connectivity index (χ4v) is 3.89. The lowest BCUT2D eigenvalue weighted by molar-refractivity contribution is -0.136. The average molecular weight is 481 g/mol. The van der Waals surface area contributed by atoms with Gasteiger partial charge in [0.2, 0.25) is 5.91 Å². The van der Waals surface area contributed by atoms with Crippen molar-refractivity contribution in [2.45, 2.75) is 25.8 Å². The van der Waals surface area contributed by atoms with Crippen molar-refractivity contribution in [2.75, 3.05) is 16.4 Å². The van der Waals surface area contributed by atoms with Crippen LogP contribution in [0.4, 0.5) is 28.9 Å². The maximum atomic E-state index is 13.6. The first kappa shape index (κ1) is 24.3. The molecule has 0 saturated carbocycles. The average Bonchev–Trinajstić information content (AvgIpc) is 3.06. The highest BCUT2D eigenvalue weighted by Gasteiger charge is 2.34. The molecule has 174 valence electrons. The molecule has 0 bridgehead atoms.